The molecular formula is C8H9ClO4. The van der Waals surface area contributed by atoms with E-state index < -0.39 is 5.79 Å². The largest absolute Gasteiger partial charge is 0.255 e. The summed E-state index contributed by atoms with van der Waals surface area (Å²) in [5, 5.41) is 17.5. The molecule has 0 heterocycles. The third kappa shape index (κ3) is 2.18. The molecule has 72 valence electrons. The van der Waals surface area contributed by atoms with E-state index in [4.69, 9.17) is 22.1 Å². The van der Waals surface area contributed by atoms with Gasteiger partial charge in [-0.05, 0) is 19.1 Å². The smallest absolute Gasteiger partial charge is 0.248 e. The van der Waals surface area contributed by atoms with Crippen LogP contribution in [0, 0.1) is 0 Å². The van der Waals surface area contributed by atoms with Crippen LogP contribution in [-0.2, 0) is 15.6 Å². The summed E-state index contributed by atoms with van der Waals surface area (Å²) >= 11 is 5.64. The standard InChI is InChI=1S/C8H9ClO4/c1-8(12-10,13-11)6-2-4-7(9)5-3-6/h2-5,10-11H,1H3. The molecule has 0 unspecified atom stereocenters. The van der Waals surface area contributed by atoms with Gasteiger partial charge in [0.05, 0.1) is 0 Å². The first-order valence-electron chi connectivity index (χ1n) is 3.53. The Morgan fingerprint density at radius 3 is 2.00 bits per heavy atom. The molecule has 13 heavy (non-hydrogen) atoms. The molecule has 0 amide bonds. The Balaban J connectivity index is 2.99. The third-order valence-electron chi connectivity index (χ3n) is 1.72. The lowest BCUT2D eigenvalue weighted by atomic mass is 10.1. The van der Waals surface area contributed by atoms with E-state index in [0.29, 0.717) is 10.6 Å². The minimum atomic E-state index is -1.58. The molecule has 0 saturated carbocycles. The Bertz CT molecular complexity index is 268. The van der Waals surface area contributed by atoms with Gasteiger partial charge < -0.3 is 0 Å². The van der Waals surface area contributed by atoms with E-state index in [1.807, 2.05) is 0 Å². The number of benzene rings is 1. The second kappa shape index (κ2) is 4.04. The zero-order valence-electron chi connectivity index (χ0n) is 6.90. The predicted molar refractivity (Wildman–Crippen MR) is 46.2 cm³/mol. The van der Waals surface area contributed by atoms with Gasteiger partial charge in [0.15, 0.2) is 0 Å². The SMILES string of the molecule is CC(OO)(OO)c1ccc(Cl)cc1. The number of hydrogen-bond donors (Lipinski definition) is 2. The highest BCUT2D eigenvalue weighted by Crippen LogP contribution is 2.25. The summed E-state index contributed by atoms with van der Waals surface area (Å²) in [4.78, 5) is 8.00. The van der Waals surface area contributed by atoms with Crippen molar-refractivity contribution in [3.05, 3.63) is 34.9 Å². The van der Waals surface area contributed by atoms with Gasteiger partial charge in [0, 0.05) is 10.6 Å². The van der Waals surface area contributed by atoms with Crippen LogP contribution in [0.2, 0.25) is 5.02 Å². The lowest BCUT2D eigenvalue weighted by molar-refractivity contribution is -0.489. The van der Waals surface area contributed by atoms with Gasteiger partial charge >= 0.3 is 0 Å². The van der Waals surface area contributed by atoms with Crippen LogP contribution in [0.25, 0.3) is 0 Å². The van der Waals surface area contributed by atoms with Crippen molar-refractivity contribution in [1.82, 2.24) is 0 Å². The molecule has 5 heteroatoms. The van der Waals surface area contributed by atoms with Gasteiger partial charge in [0.25, 0.3) is 5.79 Å². The van der Waals surface area contributed by atoms with Crippen LogP contribution in [0.3, 0.4) is 0 Å². The van der Waals surface area contributed by atoms with E-state index in [1.54, 1.807) is 24.3 Å². The molecule has 0 aliphatic carbocycles. The first-order chi connectivity index (χ1) is 6.12. The summed E-state index contributed by atoms with van der Waals surface area (Å²) in [5.74, 6) is -1.58. The summed E-state index contributed by atoms with van der Waals surface area (Å²) in [6.07, 6.45) is 0. The van der Waals surface area contributed by atoms with E-state index in [0.717, 1.165) is 0 Å². The second-order valence-corrected chi connectivity index (χ2v) is 3.07. The van der Waals surface area contributed by atoms with E-state index in [-0.39, 0.29) is 0 Å². The Morgan fingerprint density at radius 2 is 1.62 bits per heavy atom. The molecule has 1 aromatic carbocycles. The van der Waals surface area contributed by atoms with Crippen molar-refractivity contribution in [2.45, 2.75) is 12.7 Å². The Morgan fingerprint density at radius 1 is 1.15 bits per heavy atom. The predicted octanol–water partition coefficient (Wildman–Crippen LogP) is 2.49. The van der Waals surface area contributed by atoms with Crippen molar-refractivity contribution in [3.63, 3.8) is 0 Å². The molecule has 0 spiro atoms. The third-order valence-corrected chi connectivity index (χ3v) is 1.97. The zero-order valence-corrected chi connectivity index (χ0v) is 7.65. The zero-order chi connectivity index (χ0) is 9.90. The Hall–Kier alpha value is -0.650. The van der Waals surface area contributed by atoms with Crippen molar-refractivity contribution in [2.75, 3.05) is 0 Å². The highest BCUT2D eigenvalue weighted by Gasteiger charge is 2.29. The molecule has 0 fully saturated rings. The Labute approximate surface area is 80.1 Å². The monoisotopic (exact) mass is 204 g/mol. The maximum Gasteiger partial charge on any atom is 0.255 e. The molecule has 1 rings (SSSR count). The quantitative estimate of drug-likeness (QED) is 0.451. The molecule has 2 N–H and O–H groups in total. The summed E-state index contributed by atoms with van der Waals surface area (Å²) in [6, 6.07) is 6.31. The van der Waals surface area contributed by atoms with Gasteiger partial charge in [-0.2, -0.15) is 9.78 Å². The normalized spacial score (nSPS) is 11.7. The topological polar surface area (TPSA) is 58.9 Å². The van der Waals surface area contributed by atoms with Crippen molar-refractivity contribution in [2.24, 2.45) is 0 Å². The molecule has 1 aromatic rings. The molecule has 0 aromatic heterocycles. The van der Waals surface area contributed by atoms with Crippen LogP contribution in [0.1, 0.15) is 12.5 Å². The molecule has 0 aliphatic heterocycles. The molecule has 0 saturated heterocycles. The average Bonchev–Trinajstić information content (AvgIpc) is 2.18. The fourth-order valence-corrected chi connectivity index (χ4v) is 1.00. The van der Waals surface area contributed by atoms with Crippen molar-refractivity contribution in [1.29, 1.82) is 0 Å². The molecule has 0 bridgehead atoms. The number of hydrogen-bond acceptors (Lipinski definition) is 4. The second-order valence-electron chi connectivity index (χ2n) is 2.64. The maximum absolute atomic E-state index is 8.49. The van der Waals surface area contributed by atoms with Gasteiger partial charge in [0.2, 0.25) is 0 Å². The highest BCUT2D eigenvalue weighted by molar-refractivity contribution is 6.30. The number of rotatable bonds is 3. The van der Waals surface area contributed by atoms with Gasteiger partial charge in [-0.25, -0.2) is 10.5 Å². The van der Waals surface area contributed by atoms with Crippen LogP contribution >= 0.6 is 11.6 Å². The maximum atomic E-state index is 8.49. The lowest BCUT2D eigenvalue weighted by Gasteiger charge is -2.21. The fraction of sp³-hybridized carbons (Fsp3) is 0.250. The van der Waals surface area contributed by atoms with E-state index in [1.165, 1.54) is 6.92 Å². The van der Waals surface area contributed by atoms with Gasteiger partial charge in [-0.1, -0.05) is 23.7 Å². The molecule has 0 aliphatic rings. The van der Waals surface area contributed by atoms with E-state index >= 15 is 0 Å². The first kappa shape index (κ1) is 10.4. The molecule has 4 nitrogen and oxygen atoms in total. The van der Waals surface area contributed by atoms with E-state index in [9.17, 15) is 0 Å². The average molecular weight is 205 g/mol. The van der Waals surface area contributed by atoms with Gasteiger partial charge in [-0.3, -0.25) is 0 Å². The highest BCUT2D eigenvalue weighted by atomic mass is 35.5. The van der Waals surface area contributed by atoms with Crippen molar-refractivity contribution < 1.29 is 20.3 Å². The van der Waals surface area contributed by atoms with E-state index in [2.05, 4.69) is 9.78 Å². The Kier molecular flexibility index (Phi) is 3.24. The van der Waals surface area contributed by atoms with Crippen LogP contribution < -0.4 is 0 Å². The van der Waals surface area contributed by atoms with Crippen LogP contribution in [-0.4, -0.2) is 10.5 Å². The van der Waals surface area contributed by atoms with Gasteiger partial charge in [0.1, 0.15) is 0 Å². The van der Waals surface area contributed by atoms with Gasteiger partial charge in [-0.15, -0.1) is 0 Å². The van der Waals surface area contributed by atoms with Crippen LogP contribution in [0.5, 0.6) is 0 Å². The summed E-state index contributed by atoms with van der Waals surface area (Å²) in [7, 11) is 0. The summed E-state index contributed by atoms with van der Waals surface area (Å²) in [5.41, 5.74) is 0.446. The number of halogens is 1. The fourth-order valence-electron chi connectivity index (χ4n) is 0.875. The lowest BCUT2D eigenvalue weighted by Crippen LogP contribution is -2.26. The molecule has 0 atom stereocenters. The minimum absolute atomic E-state index is 0.446. The van der Waals surface area contributed by atoms with Crippen molar-refractivity contribution >= 4 is 11.6 Å². The molecular weight excluding hydrogens is 196 g/mol. The van der Waals surface area contributed by atoms with Crippen molar-refractivity contribution in [3.8, 4) is 0 Å². The minimum Gasteiger partial charge on any atom is -0.248 e. The molecule has 0 radical (unpaired) electrons. The summed E-state index contributed by atoms with van der Waals surface area (Å²) in [6.45, 7) is 1.36. The first-order valence-corrected chi connectivity index (χ1v) is 3.91. The van der Waals surface area contributed by atoms with Crippen LogP contribution in [0.15, 0.2) is 24.3 Å². The summed E-state index contributed by atoms with van der Waals surface area (Å²) < 4.78 is 0. The van der Waals surface area contributed by atoms with Crippen LogP contribution in [0.4, 0.5) is 0 Å².